The van der Waals surface area contributed by atoms with Gasteiger partial charge in [-0.2, -0.15) is 0 Å². The van der Waals surface area contributed by atoms with Crippen molar-refractivity contribution in [3.8, 4) is 11.1 Å². The van der Waals surface area contributed by atoms with Gasteiger partial charge in [-0.3, -0.25) is 4.98 Å². The molecule has 5 heteroatoms. The van der Waals surface area contributed by atoms with Gasteiger partial charge in [0.15, 0.2) is 0 Å². The van der Waals surface area contributed by atoms with E-state index in [4.69, 9.17) is 0 Å². The van der Waals surface area contributed by atoms with Gasteiger partial charge < -0.3 is 4.57 Å². The lowest BCUT2D eigenvalue weighted by atomic mass is 9.88. The third-order valence-corrected chi connectivity index (χ3v) is 5.10. The second-order valence-electron chi connectivity index (χ2n) is 8.35. The third-order valence-electron chi connectivity index (χ3n) is 4.40. The SMILES string of the molecule is CN(C)SNCCn1cc(CC(C)(C)C)c2cc(-c3ccncc3)ccc21. The smallest absolute Gasteiger partial charge is 0.0484 e. The number of nitrogens with zero attached hydrogens (tertiary/aromatic N) is 3. The van der Waals surface area contributed by atoms with E-state index in [0.717, 1.165) is 19.5 Å². The highest BCUT2D eigenvalue weighted by Gasteiger charge is 2.17. The molecule has 0 atom stereocenters. The van der Waals surface area contributed by atoms with Crippen LogP contribution in [0.25, 0.3) is 22.0 Å². The van der Waals surface area contributed by atoms with E-state index >= 15 is 0 Å². The molecule has 2 aromatic heterocycles. The van der Waals surface area contributed by atoms with Crippen molar-refractivity contribution in [1.82, 2.24) is 18.6 Å². The predicted molar refractivity (Wildman–Crippen MR) is 118 cm³/mol. The van der Waals surface area contributed by atoms with Crippen molar-refractivity contribution in [3.05, 3.63) is 54.5 Å². The largest absolute Gasteiger partial charge is 0.346 e. The molecule has 0 spiro atoms. The van der Waals surface area contributed by atoms with Crippen LogP contribution in [-0.4, -0.2) is 34.5 Å². The Kier molecular flexibility index (Phi) is 6.25. The summed E-state index contributed by atoms with van der Waals surface area (Å²) in [6.45, 7) is 8.79. The molecule has 0 saturated heterocycles. The molecular weight excluding hydrogens is 352 g/mol. The maximum Gasteiger partial charge on any atom is 0.0484 e. The van der Waals surface area contributed by atoms with E-state index in [-0.39, 0.29) is 5.41 Å². The van der Waals surface area contributed by atoms with Crippen molar-refractivity contribution in [2.24, 2.45) is 5.41 Å². The fourth-order valence-electron chi connectivity index (χ4n) is 3.33. The summed E-state index contributed by atoms with van der Waals surface area (Å²) in [7, 11) is 4.09. The second-order valence-corrected chi connectivity index (χ2v) is 9.55. The van der Waals surface area contributed by atoms with Crippen LogP contribution in [0, 0.1) is 5.41 Å². The van der Waals surface area contributed by atoms with E-state index < -0.39 is 0 Å². The number of hydrogen-bond donors (Lipinski definition) is 1. The summed E-state index contributed by atoms with van der Waals surface area (Å²) in [5, 5.41) is 1.36. The van der Waals surface area contributed by atoms with Crippen LogP contribution in [0.1, 0.15) is 26.3 Å². The number of aromatic nitrogens is 2. The molecule has 2 heterocycles. The van der Waals surface area contributed by atoms with Crippen molar-refractivity contribution in [2.45, 2.75) is 33.7 Å². The number of rotatable bonds is 7. The highest BCUT2D eigenvalue weighted by atomic mass is 32.2. The molecule has 3 aromatic rings. The first-order valence-corrected chi connectivity index (χ1v) is 10.2. The summed E-state index contributed by atoms with van der Waals surface area (Å²) in [6, 6.07) is 11.0. The lowest BCUT2D eigenvalue weighted by molar-refractivity contribution is 0.412. The molecule has 1 aromatic carbocycles. The quantitative estimate of drug-likeness (QED) is 0.460. The van der Waals surface area contributed by atoms with Gasteiger partial charge in [0.05, 0.1) is 0 Å². The van der Waals surface area contributed by atoms with Crippen molar-refractivity contribution in [1.29, 1.82) is 0 Å². The van der Waals surface area contributed by atoms with Crippen molar-refractivity contribution >= 4 is 23.0 Å². The fraction of sp³-hybridized carbons (Fsp3) is 0.409. The highest BCUT2D eigenvalue weighted by molar-refractivity contribution is 7.95. The average molecular weight is 383 g/mol. The Labute approximate surface area is 167 Å². The first-order valence-electron chi connectivity index (χ1n) is 9.43. The minimum atomic E-state index is 0.255. The van der Waals surface area contributed by atoms with Crippen LogP contribution < -0.4 is 4.72 Å². The number of fused-ring (bicyclic) bond motifs is 1. The van der Waals surface area contributed by atoms with Crippen molar-refractivity contribution in [3.63, 3.8) is 0 Å². The van der Waals surface area contributed by atoms with Gasteiger partial charge in [-0.15, -0.1) is 0 Å². The lowest BCUT2D eigenvalue weighted by Gasteiger charge is -2.17. The minimum Gasteiger partial charge on any atom is -0.346 e. The molecule has 27 heavy (non-hydrogen) atoms. The molecule has 0 unspecified atom stereocenters. The van der Waals surface area contributed by atoms with Gasteiger partial charge in [0.2, 0.25) is 0 Å². The number of nitrogens with one attached hydrogen (secondary N) is 1. The van der Waals surface area contributed by atoms with E-state index in [1.54, 1.807) is 12.1 Å². The summed E-state index contributed by atoms with van der Waals surface area (Å²) in [4.78, 5) is 4.14. The molecule has 0 fully saturated rings. The summed E-state index contributed by atoms with van der Waals surface area (Å²) < 4.78 is 7.86. The molecule has 0 amide bonds. The van der Waals surface area contributed by atoms with Crippen molar-refractivity contribution < 1.29 is 0 Å². The molecule has 0 aliphatic rings. The monoisotopic (exact) mass is 382 g/mol. The van der Waals surface area contributed by atoms with Gasteiger partial charge in [0.1, 0.15) is 0 Å². The van der Waals surface area contributed by atoms with Crippen LogP contribution in [0.4, 0.5) is 0 Å². The van der Waals surface area contributed by atoms with E-state index in [1.807, 2.05) is 26.5 Å². The zero-order valence-corrected chi connectivity index (χ0v) is 17.8. The van der Waals surface area contributed by atoms with Crippen molar-refractivity contribution in [2.75, 3.05) is 20.6 Å². The summed E-state index contributed by atoms with van der Waals surface area (Å²) in [5.74, 6) is 0. The Bertz CT molecular complexity index is 878. The molecule has 0 bridgehead atoms. The molecule has 0 saturated carbocycles. The summed E-state index contributed by atoms with van der Waals surface area (Å²) in [6.07, 6.45) is 7.12. The van der Waals surface area contributed by atoms with E-state index in [2.05, 4.69) is 75.9 Å². The molecule has 4 nitrogen and oxygen atoms in total. The molecule has 1 N–H and O–H groups in total. The van der Waals surface area contributed by atoms with Crippen LogP contribution in [0.15, 0.2) is 48.9 Å². The van der Waals surface area contributed by atoms with Gasteiger partial charge in [0, 0.05) is 54.7 Å². The lowest BCUT2D eigenvalue weighted by Crippen LogP contribution is -2.17. The van der Waals surface area contributed by atoms with Gasteiger partial charge >= 0.3 is 0 Å². The first kappa shape index (κ1) is 19.9. The number of benzene rings is 1. The molecule has 144 valence electrons. The van der Waals surface area contributed by atoms with Gasteiger partial charge in [-0.25, -0.2) is 9.03 Å². The van der Waals surface area contributed by atoms with Gasteiger partial charge in [-0.05, 0) is 66.9 Å². The summed E-state index contributed by atoms with van der Waals surface area (Å²) in [5.41, 5.74) is 5.45. The van der Waals surface area contributed by atoms with Crippen LogP contribution in [0.5, 0.6) is 0 Å². The molecular formula is C22H30N4S. The standard InChI is InChI=1S/C22H30N4S/c1-22(2,3)15-19-16-26(13-12-24-27-25(4)5)21-7-6-18(14-20(19)21)17-8-10-23-11-9-17/h6-11,14,16,24H,12-13,15H2,1-5H3. The molecule has 3 rings (SSSR count). The Hall–Kier alpha value is -1.82. The van der Waals surface area contributed by atoms with Crippen LogP contribution in [0.3, 0.4) is 0 Å². The Balaban J connectivity index is 1.94. The Morgan fingerprint density at radius 1 is 1.07 bits per heavy atom. The summed E-state index contributed by atoms with van der Waals surface area (Å²) >= 11 is 1.64. The Morgan fingerprint density at radius 3 is 2.48 bits per heavy atom. The number of pyridine rings is 1. The number of hydrogen-bond acceptors (Lipinski definition) is 4. The fourth-order valence-corrected chi connectivity index (χ4v) is 3.77. The third kappa shape index (κ3) is 5.34. The normalized spacial score (nSPS) is 12.2. The van der Waals surface area contributed by atoms with E-state index in [9.17, 15) is 0 Å². The van der Waals surface area contributed by atoms with Crippen LogP contribution in [-0.2, 0) is 13.0 Å². The van der Waals surface area contributed by atoms with E-state index in [0.29, 0.717) is 0 Å². The van der Waals surface area contributed by atoms with Gasteiger partial charge in [0.25, 0.3) is 0 Å². The molecule has 0 radical (unpaired) electrons. The zero-order chi connectivity index (χ0) is 19.4. The maximum absolute atomic E-state index is 4.14. The zero-order valence-electron chi connectivity index (χ0n) is 17.0. The van der Waals surface area contributed by atoms with Crippen LogP contribution >= 0.6 is 12.1 Å². The molecule has 0 aliphatic carbocycles. The second kappa shape index (κ2) is 8.46. The highest BCUT2D eigenvalue weighted by Crippen LogP contribution is 2.31. The average Bonchev–Trinajstić information content (AvgIpc) is 2.94. The minimum absolute atomic E-state index is 0.255. The van der Waals surface area contributed by atoms with Crippen LogP contribution in [0.2, 0.25) is 0 Å². The van der Waals surface area contributed by atoms with E-state index in [1.165, 1.54) is 27.6 Å². The topological polar surface area (TPSA) is 33.1 Å². The van der Waals surface area contributed by atoms with Gasteiger partial charge in [-0.1, -0.05) is 26.8 Å². The predicted octanol–water partition coefficient (Wildman–Crippen LogP) is 5.01. The first-order chi connectivity index (χ1) is 12.8. The maximum atomic E-state index is 4.14. The molecule has 0 aliphatic heterocycles. The Morgan fingerprint density at radius 2 is 1.81 bits per heavy atom.